The number of anilines is 2. The highest BCUT2D eigenvalue weighted by molar-refractivity contribution is 6.37. The molecule has 24 heavy (non-hydrogen) atoms. The van der Waals surface area contributed by atoms with Crippen molar-refractivity contribution in [1.82, 2.24) is 5.32 Å². The number of rotatable bonds is 5. The van der Waals surface area contributed by atoms with Crippen molar-refractivity contribution in [3.05, 3.63) is 22.2 Å². The maximum absolute atomic E-state index is 12.3. The Hall–Kier alpha value is -1.66. The molecule has 0 radical (unpaired) electrons. The molecular formula is C16H23Cl2N3O3. The van der Waals surface area contributed by atoms with Crippen LogP contribution < -0.4 is 16.0 Å². The van der Waals surface area contributed by atoms with E-state index in [-0.39, 0.29) is 0 Å². The van der Waals surface area contributed by atoms with E-state index in [4.69, 9.17) is 27.9 Å². The van der Waals surface area contributed by atoms with Crippen molar-refractivity contribution >= 4 is 46.6 Å². The van der Waals surface area contributed by atoms with Crippen LogP contribution in [0.15, 0.2) is 12.1 Å². The van der Waals surface area contributed by atoms with Gasteiger partial charge in [0.15, 0.2) is 0 Å². The van der Waals surface area contributed by atoms with Gasteiger partial charge in [-0.25, -0.2) is 4.79 Å². The first-order valence-corrected chi connectivity index (χ1v) is 8.32. The van der Waals surface area contributed by atoms with Gasteiger partial charge in [-0.15, -0.1) is 0 Å². The minimum absolute atomic E-state index is 0.393. The Labute approximate surface area is 152 Å². The number of carbonyl (C=O) groups excluding carboxylic acids is 2. The summed E-state index contributed by atoms with van der Waals surface area (Å²) in [6.07, 6.45) is -0.666. The smallest absolute Gasteiger partial charge is 0.408 e. The third kappa shape index (κ3) is 6.45. The first-order valence-electron chi connectivity index (χ1n) is 7.56. The third-order valence-electron chi connectivity index (χ3n) is 2.79. The summed E-state index contributed by atoms with van der Waals surface area (Å²) in [7, 11) is 0. The molecule has 0 bridgehead atoms. The van der Waals surface area contributed by atoms with E-state index < -0.39 is 23.6 Å². The lowest BCUT2D eigenvalue weighted by molar-refractivity contribution is -0.117. The van der Waals surface area contributed by atoms with Crippen molar-refractivity contribution in [1.29, 1.82) is 0 Å². The summed E-state index contributed by atoms with van der Waals surface area (Å²) in [6.45, 7) is 9.31. The minimum atomic E-state index is -0.799. The molecule has 0 aliphatic heterocycles. The first kappa shape index (κ1) is 20.4. The van der Waals surface area contributed by atoms with E-state index >= 15 is 0 Å². The summed E-state index contributed by atoms with van der Waals surface area (Å²) in [5, 5.41) is 9.04. The van der Waals surface area contributed by atoms with Gasteiger partial charge in [0.05, 0.1) is 16.4 Å². The third-order valence-corrected chi connectivity index (χ3v) is 3.31. The molecule has 1 aromatic rings. The topological polar surface area (TPSA) is 79.5 Å². The number of benzene rings is 1. The summed E-state index contributed by atoms with van der Waals surface area (Å²) >= 11 is 12.1. The van der Waals surface area contributed by atoms with Crippen molar-refractivity contribution in [3.8, 4) is 0 Å². The summed E-state index contributed by atoms with van der Waals surface area (Å²) in [4.78, 5) is 24.0. The maximum atomic E-state index is 12.3. The number of alkyl carbamates (subject to hydrolysis) is 1. The number of nitrogens with one attached hydrogen (secondary N) is 3. The van der Waals surface area contributed by atoms with Crippen LogP contribution in [-0.4, -0.2) is 30.2 Å². The molecular weight excluding hydrogens is 353 g/mol. The van der Waals surface area contributed by atoms with Gasteiger partial charge in [-0.05, 0) is 46.8 Å². The van der Waals surface area contributed by atoms with E-state index in [1.807, 2.05) is 6.92 Å². The SMILES string of the molecule is CCNc1c(Cl)cc(Cl)cc1NC(=O)[C@H](C)NC(=O)OC(C)(C)C. The highest BCUT2D eigenvalue weighted by atomic mass is 35.5. The van der Waals surface area contributed by atoms with Crippen LogP contribution in [0.1, 0.15) is 34.6 Å². The van der Waals surface area contributed by atoms with Gasteiger partial charge in [0, 0.05) is 11.6 Å². The molecule has 0 saturated heterocycles. The first-order chi connectivity index (χ1) is 11.0. The lowest BCUT2D eigenvalue weighted by atomic mass is 10.2. The average Bonchev–Trinajstić information content (AvgIpc) is 2.40. The fourth-order valence-corrected chi connectivity index (χ4v) is 2.38. The van der Waals surface area contributed by atoms with Gasteiger partial charge in [-0.2, -0.15) is 0 Å². The maximum Gasteiger partial charge on any atom is 0.408 e. The molecule has 134 valence electrons. The molecule has 1 aromatic carbocycles. The zero-order valence-electron chi connectivity index (χ0n) is 14.4. The molecule has 1 rings (SSSR count). The van der Waals surface area contributed by atoms with Gasteiger partial charge in [0.25, 0.3) is 0 Å². The van der Waals surface area contributed by atoms with Crippen LogP contribution in [0.3, 0.4) is 0 Å². The molecule has 0 spiro atoms. The highest BCUT2D eigenvalue weighted by Gasteiger charge is 2.22. The molecule has 0 aliphatic carbocycles. The summed E-state index contributed by atoms with van der Waals surface area (Å²) in [5.74, 6) is -0.418. The normalized spacial score (nSPS) is 12.3. The Morgan fingerprint density at radius 2 is 1.88 bits per heavy atom. The zero-order valence-corrected chi connectivity index (χ0v) is 15.9. The minimum Gasteiger partial charge on any atom is -0.444 e. The standard InChI is InChI=1S/C16H23Cl2N3O3/c1-6-19-13-11(18)7-10(17)8-12(13)21-14(22)9(2)20-15(23)24-16(3,4)5/h7-9,19H,6H2,1-5H3,(H,20,23)(H,21,22)/t9-/m0/s1. The van der Waals surface area contributed by atoms with Crippen molar-refractivity contribution in [2.75, 3.05) is 17.2 Å². The predicted molar refractivity (Wildman–Crippen MR) is 98.1 cm³/mol. The highest BCUT2D eigenvalue weighted by Crippen LogP contribution is 2.34. The van der Waals surface area contributed by atoms with E-state index in [9.17, 15) is 9.59 Å². The molecule has 1 atom stereocenters. The number of hydrogen-bond acceptors (Lipinski definition) is 4. The summed E-state index contributed by atoms with van der Waals surface area (Å²) < 4.78 is 5.12. The fourth-order valence-electron chi connectivity index (χ4n) is 1.82. The number of ether oxygens (including phenoxy) is 1. The predicted octanol–water partition coefficient (Wildman–Crippen LogP) is 4.28. The second-order valence-electron chi connectivity index (χ2n) is 6.20. The number of amides is 2. The number of carbonyl (C=O) groups is 2. The summed E-state index contributed by atoms with van der Waals surface area (Å²) in [6, 6.07) is 2.37. The monoisotopic (exact) mass is 375 g/mol. The van der Waals surface area contributed by atoms with Gasteiger partial charge >= 0.3 is 6.09 Å². The zero-order chi connectivity index (χ0) is 18.5. The Bertz CT molecular complexity index is 615. The molecule has 0 unspecified atom stereocenters. The van der Waals surface area contributed by atoms with Crippen LogP contribution in [0.2, 0.25) is 10.0 Å². The van der Waals surface area contributed by atoms with Crippen molar-refractivity contribution in [2.45, 2.75) is 46.3 Å². The van der Waals surface area contributed by atoms with Crippen LogP contribution in [0.4, 0.5) is 16.2 Å². The van der Waals surface area contributed by atoms with Crippen molar-refractivity contribution in [3.63, 3.8) is 0 Å². The Balaban J connectivity index is 2.82. The average molecular weight is 376 g/mol. The van der Waals surface area contributed by atoms with E-state index in [0.717, 1.165) is 0 Å². The molecule has 6 nitrogen and oxygen atoms in total. The largest absolute Gasteiger partial charge is 0.444 e. The van der Waals surface area contributed by atoms with Gasteiger partial charge in [0.1, 0.15) is 11.6 Å². The number of hydrogen-bond donors (Lipinski definition) is 3. The number of halogens is 2. The molecule has 3 N–H and O–H groups in total. The molecule has 8 heteroatoms. The Morgan fingerprint density at radius 3 is 2.42 bits per heavy atom. The van der Waals surface area contributed by atoms with Gasteiger partial charge in [0.2, 0.25) is 5.91 Å². The lowest BCUT2D eigenvalue weighted by Crippen LogP contribution is -2.44. The fraction of sp³-hybridized carbons (Fsp3) is 0.500. The van der Waals surface area contributed by atoms with Gasteiger partial charge in [-0.1, -0.05) is 23.2 Å². The van der Waals surface area contributed by atoms with Gasteiger partial charge in [-0.3, -0.25) is 4.79 Å². The van der Waals surface area contributed by atoms with Crippen LogP contribution in [0, 0.1) is 0 Å². The summed E-state index contributed by atoms with van der Waals surface area (Å²) in [5.41, 5.74) is 0.373. The Morgan fingerprint density at radius 1 is 1.25 bits per heavy atom. The van der Waals surface area contributed by atoms with Crippen LogP contribution in [-0.2, 0) is 9.53 Å². The molecule has 0 aliphatic rings. The Kier molecular flexibility index (Phi) is 7.17. The van der Waals surface area contributed by atoms with E-state index in [0.29, 0.717) is 28.0 Å². The van der Waals surface area contributed by atoms with Gasteiger partial charge < -0.3 is 20.7 Å². The molecule has 0 saturated carbocycles. The van der Waals surface area contributed by atoms with E-state index in [1.165, 1.54) is 0 Å². The van der Waals surface area contributed by atoms with Crippen LogP contribution in [0.25, 0.3) is 0 Å². The van der Waals surface area contributed by atoms with E-state index in [2.05, 4.69) is 16.0 Å². The van der Waals surface area contributed by atoms with E-state index in [1.54, 1.807) is 39.8 Å². The lowest BCUT2D eigenvalue weighted by Gasteiger charge is -2.22. The van der Waals surface area contributed by atoms with Crippen LogP contribution >= 0.6 is 23.2 Å². The molecule has 2 amide bonds. The van der Waals surface area contributed by atoms with Crippen LogP contribution in [0.5, 0.6) is 0 Å². The molecule has 0 heterocycles. The van der Waals surface area contributed by atoms with Crippen molar-refractivity contribution < 1.29 is 14.3 Å². The molecule has 0 fully saturated rings. The quantitative estimate of drug-likeness (QED) is 0.717. The molecule has 0 aromatic heterocycles. The second-order valence-corrected chi connectivity index (χ2v) is 7.04. The second kappa shape index (κ2) is 8.44. The van der Waals surface area contributed by atoms with Crippen molar-refractivity contribution in [2.24, 2.45) is 0 Å².